The van der Waals surface area contributed by atoms with Gasteiger partial charge in [-0.15, -0.1) is 0 Å². The van der Waals surface area contributed by atoms with Crippen LogP contribution in [-0.2, 0) is 10.0 Å². The Morgan fingerprint density at radius 2 is 1.95 bits per heavy atom. The van der Waals surface area contributed by atoms with Gasteiger partial charge in [0.25, 0.3) is 0 Å². The van der Waals surface area contributed by atoms with E-state index in [1.54, 1.807) is 0 Å². The van der Waals surface area contributed by atoms with E-state index < -0.39 is 10.0 Å². The Balaban J connectivity index is 3.26. The van der Waals surface area contributed by atoms with Gasteiger partial charge in [-0.2, -0.15) is 4.31 Å². The molecule has 3 N–H and O–H groups in total. The fourth-order valence-electron chi connectivity index (χ4n) is 1.78. The van der Waals surface area contributed by atoms with Gasteiger partial charge in [0.2, 0.25) is 10.0 Å². The third-order valence-corrected chi connectivity index (χ3v) is 5.39. The summed E-state index contributed by atoms with van der Waals surface area (Å²) < 4.78 is 26.4. The largest absolute Gasteiger partial charge is 0.398 e. The van der Waals surface area contributed by atoms with Crippen LogP contribution >= 0.6 is 23.2 Å². The molecule has 0 aliphatic rings. The molecule has 1 aromatic carbocycles. The minimum absolute atomic E-state index is 0.000723. The van der Waals surface area contributed by atoms with Crippen molar-refractivity contribution in [3.8, 4) is 0 Å². The molecule has 8 heteroatoms. The first kappa shape index (κ1) is 17.5. The second kappa shape index (κ2) is 7.47. The maximum absolute atomic E-state index is 12.6. The Morgan fingerprint density at radius 1 is 1.30 bits per heavy atom. The highest BCUT2D eigenvalue weighted by Gasteiger charge is 2.28. The third kappa shape index (κ3) is 3.99. The van der Waals surface area contributed by atoms with Gasteiger partial charge in [-0.1, -0.05) is 36.5 Å². The Morgan fingerprint density at radius 3 is 2.45 bits per heavy atom. The minimum Gasteiger partial charge on any atom is -0.398 e. The molecule has 0 spiro atoms. The van der Waals surface area contributed by atoms with E-state index in [1.807, 2.05) is 6.92 Å². The normalized spacial score (nSPS) is 12.1. The third-order valence-electron chi connectivity index (χ3n) is 2.75. The topological polar surface area (TPSA) is 83.6 Å². The molecule has 0 saturated carbocycles. The molecular formula is C12H18Cl2N2O3S. The van der Waals surface area contributed by atoms with E-state index in [9.17, 15) is 8.42 Å². The smallest absolute Gasteiger partial charge is 0.246 e. The lowest BCUT2D eigenvalue weighted by molar-refractivity contribution is 0.252. The summed E-state index contributed by atoms with van der Waals surface area (Å²) in [7, 11) is -3.86. The number of unbranched alkanes of at least 4 members (excludes halogenated alkanes) is 1. The first-order chi connectivity index (χ1) is 9.34. The van der Waals surface area contributed by atoms with Crippen molar-refractivity contribution < 1.29 is 13.5 Å². The maximum Gasteiger partial charge on any atom is 0.246 e. The standard InChI is InChI=1S/C12H18Cl2N2O3S/c1-2-3-4-16(5-6-17)20(18,19)12-10(14)7-9(13)8-11(12)15/h7-8,17H,2-6,15H2,1H3. The van der Waals surface area contributed by atoms with E-state index in [0.717, 1.165) is 6.42 Å². The van der Waals surface area contributed by atoms with Crippen LogP contribution in [0.3, 0.4) is 0 Å². The average molecular weight is 341 g/mol. The fourth-order valence-corrected chi connectivity index (χ4v) is 4.19. The van der Waals surface area contributed by atoms with Crippen molar-refractivity contribution in [3.05, 3.63) is 22.2 Å². The molecular weight excluding hydrogens is 323 g/mol. The zero-order valence-electron chi connectivity index (χ0n) is 11.1. The molecule has 20 heavy (non-hydrogen) atoms. The highest BCUT2D eigenvalue weighted by atomic mass is 35.5. The van der Waals surface area contributed by atoms with Crippen LogP contribution in [-0.4, -0.2) is 37.5 Å². The van der Waals surface area contributed by atoms with Crippen LogP contribution in [0.5, 0.6) is 0 Å². The van der Waals surface area contributed by atoms with Crippen molar-refractivity contribution in [2.24, 2.45) is 0 Å². The zero-order chi connectivity index (χ0) is 15.3. The van der Waals surface area contributed by atoms with E-state index in [0.29, 0.717) is 13.0 Å². The van der Waals surface area contributed by atoms with Crippen LogP contribution in [0.15, 0.2) is 17.0 Å². The minimum atomic E-state index is -3.86. The molecule has 0 radical (unpaired) electrons. The van der Waals surface area contributed by atoms with Gasteiger partial charge in [0, 0.05) is 18.1 Å². The number of sulfonamides is 1. The molecule has 0 aliphatic carbocycles. The zero-order valence-corrected chi connectivity index (χ0v) is 13.5. The molecule has 0 bridgehead atoms. The Bertz CT molecular complexity index is 541. The van der Waals surface area contributed by atoms with Gasteiger partial charge in [0.15, 0.2) is 0 Å². The molecule has 0 amide bonds. The molecule has 1 rings (SSSR count). The summed E-state index contributed by atoms with van der Waals surface area (Å²) in [5, 5.41) is 9.29. The highest BCUT2D eigenvalue weighted by molar-refractivity contribution is 7.89. The van der Waals surface area contributed by atoms with E-state index in [1.165, 1.54) is 16.4 Å². The van der Waals surface area contributed by atoms with Crippen molar-refractivity contribution in [2.75, 3.05) is 25.4 Å². The van der Waals surface area contributed by atoms with Crippen LogP contribution in [0.25, 0.3) is 0 Å². The van der Waals surface area contributed by atoms with Gasteiger partial charge < -0.3 is 10.8 Å². The lowest BCUT2D eigenvalue weighted by Crippen LogP contribution is -2.35. The number of hydrogen-bond donors (Lipinski definition) is 2. The summed E-state index contributed by atoms with van der Waals surface area (Å²) in [5.74, 6) is 0. The lowest BCUT2D eigenvalue weighted by Gasteiger charge is -2.22. The van der Waals surface area contributed by atoms with E-state index in [4.69, 9.17) is 34.0 Å². The van der Waals surface area contributed by atoms with Crippen molar-refractivity contribution in [2.45, 2.75) is 24.7 Å². The molecule has 0 heterocycles. The first-order valence-corrected chi connectivity index (χ1v) is 8.39. The number of nitrogens with two attached hydrogens (primary N) is 1. The predicted octanol–water partition coefficient (Wildman–Crippen LogP) is 2.36. The summed E-state index contributed by atoms with van der Waals surface area (Å²) in [5.41, 5.74) is 5.74. The molecule has 0 saturated heterocycles. The van der Waals surface area contributed by atoms with Crippen LogP contribution in [0, 0.1) is 0 Å². The summed E-state index contributed by atoms with van der Waals surface area (Å²) in [6.45, 7) is 1.99. The van der Waals surface area contributed by atoms with E-state index in [-0.39, 0.29) is 33.8 Å². The van der Waals surface area contributed by atoms with Gasteiger partial charge in [-0.25, -0.2) is 8.42 Å². The number of nitrogen functional groups attached to an aromatic ring is 1. The van der Waals surface area contributed by atoms with Crippen LogP contribution in [0.1, 0.15) is 19.8 Å². The fraction of sp³-hybridized carbons (Fsp3) is 0.500. The average Bonchev–Trinajstić information content (AvgIpc) is 2.32. The SMILES string of the molecule is CCCCN(CCO)S(=O)(=O)c1c(N)cc(Cl)cc1Cl. The number of benzene rings is 1. The predicted molar refractivity (Wildman–Crippen MR) is 81.6 cm³/mol. The van der Waals surface area contributed by atoms with Crippen molar-refractivity contribution >= 4 is 38.9 Å². The molecule has 114 valence electrons. The second-order valence-electron chi connectivity index (χ2n) is 4.29. The second-order valence-corrected chi connectivity index (χ2v) is 7.01. The molecule has 1 aromatic rings. The van der Waals surface area contributed by atoms with E-state index >= 15 is 0 Å². The van der Waals surface area contributed by atoms with Gasteiger partial charge in [0.1, 0.15) is 4.90 Å². The Labute approximate surface area is 129 Å². The summed E-state index contributed by atoms with van der Waals surface area (Å²) in [6, 6.07) is 2.68. The van der Waals surface area contributed by atoms with E-state index in [2.05, 4.69) is 0 Å². The molecule has 0 aliphatic heterocycles. The van der Waals surface area contributed by atoms with Crippen molar-refractivity contribution in [3.63, 3.8) is 0 Å². The van der Waals surface area contributed by atoms with Crippen molar-refractivity contribution in [1.82, 2.24) is 4.31 Å². The number of halogens is 2. The molecule has 0 aromatic heterocycles. The van der Waals surface area contributed by atoms with Crippen LogP contribution in [0.4, 0.5) is 5.69 Å². The molecule has 0 unspecified atom stereocenters. The summed E-state index contributed by atoms with van der Waals surface area (Å²) in [6.07, 6.45) is 1.52. The first-order valence-electron chi connectivity index (χ1n) is 6.20. The van der Waals surface area contributed by atoms with Crippen molar-refractivity contribution in [1.29, 1.82) is 0 Å². The van der Waals surface area contributed by atoms with Crippen LogP contribution in [0.2, 0.25) is 10.0 Å². The quantitative estimate of drug-likeness (QED) is 0.746. The number of nitrogens with zero attached hydrogens (tertiary/aromatic N) is 1. The number of rotatable bonds is 7. The molecule has 5 nitrogen and oxygen atoms in total. The monoisotopic (exact) mass is 340 g/mol. The van der Waals surface area contributed by atoms with Gasteiger partial charge in [-0.3, -0.25) is 0 Å². The van der Waals surface area contributed by atoms with Gasteiger partial charge in [0.05, 0.1) is 17.3 Å². The van der Waals surface area contributed by atoms with Gasteiger partial charge in [-0.05, 0) is 18.6 Å². The Hall–Kier alpha value is -0.530. The highest BCUT2D eigenvalue weighted by Crippen LogP contribution is 2.33. The number of anilines is 1. The maximum atomic E-state index is 12.6. The summed E-state index contributed by atoms with van der Waals surface area (Å²) >= 11 is 11.7. The van der Waals surface area contributed by atoms with Gasteiger partial charge >= 0.3 is 0 Å². The molecule has 0 fully saturated rings. The summed E-state index contributed by atoms with van der Waals surface area (Å²) in [4.78, 5) is -0.159. The molecule has 0 atom stereocenters. The number of hydrogen-bond acceptors (Lipinski definition) is 4. The lowest BCUT2D eigenvalue weighted by atomic mass is 10.3. The number of aliphatic hydroxyl groups is 1. The van der Waals surface area contributed by atoms with Crippen LogP contribution < -0.4 is 5.73 Å². The Kier molecular flexibility index (Phi) is 6.54. The number of aliphatic hydroxyl groups excluding tert-OH is 1.